The third-order valence-corrected chi connectivity index (χ3v) is 3.30. The summed E-state index contributed by atoms with van der Waals surface area (Å²) < 4.78 is 10.8. The van der Waals surface area contributed by atoms with Crippen LogP contribution in [0.2, 0.25) is 5.02 Å². The molecule has 2 unspecified atom stereocenters. The van der Waals surface area contributed by atoms with Crippen molar-refractivity contribution >= 4 is 17.6 Å². The number of esters is 1. The molecule has 0 radical (unpaired) electrons. The van der Waals surface area contributed by atoms with Gasteiger partial charge in [-0.15, -0.1) is 0 Å². The number of hydrogen-bond donors (Lipinski definition) is 1. The van der Waals surface area contributed by atoms with Crippen LogP contribution in [0.5, 0.6) is 5.75 Å². The van der Waals surface area contributed by atoms with E-state index in [-0.39, 0.29) is 12.0 Å². The number of ether oxygens (including phenoxy) is 2. The number of carbonyl (C=O) groups is 1. The maximum Gasteiger partial charge on any atom is 0.347 e. The number of nitrogens with one attached hydrogen (secondary N) is 1. The molecule has 0 fully saturated rings. The van der Waals surface area contributed by atoms with E-state index in [1.165, 1.54) is 0 Å². The maximum absolute atomic E-state index is 11.8. The molecular formula is C15H22ClNO3. The van der Waals surface area contributed by atoms with Gasteiger partial charge in [0.05, 0.1) is 6.61 Å². The molecular weight excluding hydrogens is 278 g/mol. The van der Waals surface area contributed by atoms with Crippen LogP contribution in [-0.2, 0) is 9.53 Å². The molecule has 0 aliphatic rings. The zero-order valence-corrected chi connectivity index (χ0v) is 13.2. The van der Waals surface area contributed by atoms with Gasteiger partial charge in [-0.1, -0.05) is 18.5 Å². The molecule has 5 heteroatoms. The highest BCUT2D eigenvalue weighted by atomic mass is 35.5. The van der Waals surface area contributed by atoms with E-state index in [1.807, 2.05) is 27.0 Å². The summed E-state index contributed by atoms with van der Waals surface area (Å²) in [5.74, 6) is 0.309. The van der Waals surface area contributed by atoms with Crippen molar-refractivity contribution in [1.82, 2.24) is 5.32 Å². The fourth-order valence-electron chi connectivity index (χ4n) is 1.81. The van der Waals surface area contributed by atoms with Crippen LogP contribution in [0.4, 0.5) is 0 Å². The van der Waals surface area contributed by atoms with E-state index in [2.05, 4.69) is 5.32 Å². The first kappa shape index (κ1) is 16.8. The van der Waals surface area contributed by atoms with E-state index in [0.717, 1.165) is 5.56 Å². The van der Waals surface area contributed by atoms with Gasteiger partial charge in [-0.2, -0.15) is 0 Å². The Morgan fingerprint density at radius 2 is 2.10 bits per heavy atom. The minimum absolute atomic E-state index is 0.0726. The van der Waals surface area contributed by atoms with Gasteiger partial charge in [-0.05, 0) is 45.5 Å². The summed E-state index contributed by atoms with van der Waals surface area (Å²) in [5, 5.41) is 3.78. The lowest BCUT2D eigenvalue weighted by atomic mass is 10.1. The monoisotopic (exact) mass is 299 g/mol. The second kappa shape index (κ2) is 8.12. The van der Waals surface area contributed by atoms with E-state index < -0.39 is 6.10 Å². The summed E-state index contributed by atoms with van der Waals surface area (Å²) >= 11 is 6.03. The molecule has 0 aliphatic carbocycles. The minimum atomic E-state index is -0.598. The molecule has 0 spiro atoms. The molecule has 20 heavy (non-hydrogen) atoms. The highest BCUT2D eigenvalue weighted by molar-refractivity contribution is 6.30. The number of halogens is 1. The first-order valence-electron chi connectivity index (χ1n) is 6.83. The highest BCUT2D eigenvalue weighted by Gasteiger charge is 2.22. The standard InChI is InChI=1S/C15H22ClNO3/c1-5-13(15(18)19-6-2)20-14-8-7-11(16)9-12(14)10(3)17-4/h7-10,13,17H,5-6H2,1-4H3. The smallest absolute Gasteiger partial charge is 0.347 e. The second-order valence-electron chi connectivity index (χ2n) is 4.46. The minimum Gasteiger partial charge on any atom is -0.478 e. The average Bonchev–Trinajstić information content (AvgIpc) is 2.45. The molecule has 1 aromatic rings. The van der Waals surface area contributed by atoms with E-state index in [1.54, 1.807) is 19.1 Å². The van der Waals surface area contributed by atoms with Crippen molar-refractivity contribution in [3.63, 3.8) is 0 Å². The van der Waals surface area contributed by atoms with Crippen molar-refractivity contribution < 1.29 is 14.3 Å². The molecule has 112 valence electrons. The van der Waals surface area contributed by atoms with Gasteiger partial charge < -0.3 is 14.8 Å². The summed E-state index contributed by atoms with van der Waals surface area (Å²) in [5.41, 5.74) is 0.919. The van der Waals surface area contributed by atoms with Crippen molar-refractivity contribution in [2.75, 3.05) is 13.7 Å². The third-order valence-electron chi connectivity index (χ3n) is 3.06. The highest BCUT2D eigenvalue weighted by Crippen LogP contribution is 2.29. The van der Waals surface area contributed by atoms with Gasteiger partial charge in [0.15, 0.2) is 6.10 Å². The van der Waals surface area contributed by atoms with E-state index in [9.17, 15) is 4.79 Å². The lowest BCUT2D eigenvalue weighted by Crippen LogP contribution is -2.29. The Balaban J connectivity index is 2.97. The first-order chi connectivity index (χ1) is 9.53. The molecule has 1 aromatic carbocycles. The summed E-state index contributed by atoms with van der Waals surface area (Å²) in [7, 11) is 1.86. The molecule has 1 N–H and O–H groups in total. The lowest BCUT2D eigenvalue weighted by molar-refractivity contribution is -0.151. The molecule has 0 saturated carbocycles. The van der Waals surface area contributed by atoms with Crippen LogP contribution in [0.3, 0.4) is 0 Å². The van der Waals surface area contributed by atoms with Crippen LogP contribution in [0.15, 0.2) is 18.2 Å². The second-order valence-corrected chi connectivity index (χ2v) is 4.90. The largest absolute Gasteiger partial charge is 0.478 e. The van der Waals surface area contributed by atoms with Gasteiger partial charge in [0.1, 0.15) is 5.75 Å². The molecule has 2 atom stereocenters. The zero-order chi connectivity index (χ0) is 15.1. The van der Waals surface area contributed by atoms with Crippen molar-refractivity contribution in [2.45, 2.75) is 39.3 Å². The van der Waals surface area contributed by atoms with Gasteiger partial charge in [0.2, 0.25) is 0 Å². The van der Waals surface area contributed by atoms with Crippen LogP contribution in [0.25, 0.3) is 0 Å². The Bertz CT molecular complexity index is 451. The number of benzene rings is 1. The van der Waals surface area contributed by atoms with E-state index in [0.29, 0.717) is 23.8 Å². The van der Waals surface area contributed by atoms with Crippen LogP contribution in [0, 0.1) is 0 Å². The molecule has 0 bridgehead atoms. The normalized spacial score (nSPS) is 13.7. The van der Waals surface area contributed by atoms with Crippen molar-refractivity contribution in [2.24, 2.45) is 0 Å². The lowest BCUT2D eigenvalue weighted by Gasteiger charge is -2.21. The van der Waals surface area contributed by atoms with Gasteiger partial charge in [-0.25, -0.2) is 4.79 Å². The van der Waals surface area contributed by atoms with Crippen molar-refractivity contribution in [3.05, 3.63) is 28.8 Å². The molecule has 0 saturated heterocycles. The van der Waals surface area contributed by atoms with E-state index in [4.69, 9.17) is 21.1 Å². The number of hydrogen-bond acceptors (Lipinski definition) is 4. The van der Waals surface area contributed by atoms with Crippen molar-refractivity contribution in [3.8, 4) is 5.75 Å². The number of rotatable bonds is 7. The fraction of sp³-hybridized carbons (Fsp3) is 0.533. The predicted molar refractivity (Wildman–Crippen MR) is 80.3 cm³/mol. The van der Waals surface area contributed by atoms with Gasteiger partial charge in [0, 0.05) is 16.6 Å². The average molecular weight is 300 g/mol. The van der Waals surface area contributed by atoms with Crippen LogP contribution in [0.1, 0.15) is 38.8 Å². The van der Waals surface area contributed by atoms with Crippen molar-refractivity contribution in [1.29, 1.82) is 0 Å². The first-order valence-corrected chi connectivity index (χ1v) is 7.21. The fourth-order valence-corrected chi connectivity index (χ4v) is 1.99. The van der Waals surface area contributed by atoms with Gasteiger partial charge in [-0.3, -0.25) is 0 Å². The van der Waals surface area contributed by atoms with Crippen LogP contribution < -0.4 is 10.1 Å². The summed E-state index contributed by atoms with van der Waals surface area (Å²) in [6, 6.07) is 5.45. The van der Waals surface area contributed by atoms with Gasteiger partial charge >= 0.3 is 5.97 Å². The molecule has 4 nitrogen and oxygen atoms in total. The summed E-state index contributed by atoms with van der Waals surface area (Å²) in [6.45, 7) is 6.02. The molecule has 0 amide bonds. The zero-order valence-electron chi connectivity index (χ0n) is 12.4. The summed E-state index contributed by atoms with van der Waals surface area (Å²) in [6.07, 6.45) is -0.0478. The predicted octanol–water partition coefficient (Wildman–Crippen LogP) is 3.34. The van der Waals surface area contributed by atoms with Crippen LogP contribution >= 0.6 is 11.6 Å². The van der Waals surface area contributed by atoms with E-state index >= 15 is 0 Å². The molecule has 0 aliphatic heterocycles. The molecule has 0 heterocycles. The summed E-state index contributed by atoms with van der Waals surface area (Å²) in [4.78, 5) is 11.8. The SMILES string of the molecule is CCOC(=O)C(CC)Oc1ccc(Cl)cc1C(C)NC. The van der Waals surface area contributed by atoms with Crippen LogP contribution in [-0.4, -0.2) is 25.7 Å². The third kappa shape index (κ3) is 4.39. The maximum atomic E-state index is 11.8. The quantitative estimate of drug-likeness (QED) is 0.785. The Labute approximate surface area is 125 Å². The topological polar surface area (TPSA) is 47.6 Å². The Hall–Kier alpha value is -1.26. The Morgan fingerprint density at radius 1 is 1.40 bits per heavy atom. The van der Waals surface area contributed by atoms with Gasteiger partial charge in [0.25, 0.3) is 0 Å². The molecule has 0 aromatic heterocycles. The Kier molecular flexibility index (Phi) is 6.82. The Morgan fingerprint density at radius 3 is 2.65 bits per heavy atom. The number of carbonyl (C=O) groups excluding carboxylic acids is 1. The molecule has 1 rings (SSSR count).